The molecule has 4 heteroatoms. The van der Waals surface area contributed by atoms with Gasteiger partial charge in [-0.05, 0) is 46.0 Å². The van der Waals surface area contributed by atoms with Crippen LogP contribution >= 0.6 is 27.3 Å². The van der Waals surface area contributed by atoms with E-state index >= 15 is 0 Å². The highest BCUT2D eigenvalue weighted by atomic mass is 79.9. The minimum Gasteiger partial charge on any atom is -0.481 e. The van der Waals surface area contributed by atoms with Gasteiger partial charge >= 0.3 is 5.97 Å². The second-order valence-corrected chi connectivity index (χ2v) is 6.31. The standard InChI is InChI=1S/C12H15BrO2S/c1-8(2)9(4-3-5-12(14)15)10-6-7-11(13)16-10/h4,6-8H,3,5H2,1-2H3,(H,14,15)/b9-4+. The zero-order chi connectivity index (χ0) is 12.1. The van der Waals surface area contributed by atoms with Crippen LogP contribution in [0.15, 0.2) is 22.0 Å². The molecular formula is C12H15BrO2S. The van der Waals surface area contributed by atoms with Gasteiger partial charge in [-0.25, -0.2) is 0 Å². The molecule has 0 aliphatic heterocycles. The molecule has 0 spiro atoms. The van der Waals surface area contributed by atoms with Crippen molar-refractivity contribution in [1.29, 1.82) is 0 Å². The first-order valence-corrected chi connectivity index (χ1v) is 6.79. The third-order valence-electron chi connectivity index (χ3n) is 2.20. The van der Waals surface area contributed by atoms with Gasteiger partial charge in [0, 0.05) is 11.3 Å². The number of hydrogen-bond donors (Lipinski definition) is 1. The predicted octanol–water partition coefficient (Wildman–Crippen LogP) is 4.41. The molecule has 0 unspecified atom stereocenters. The normalized spacial score (nSPS) is 12.1. The van der Waals surface area contributed by atoms with Crippen molar-refractivity contribution in [3.8, 4) is 0 Å². The first-order valence-electron chi connectivity index (χ1n) is 5.18. The molecule has 2 nitrogen and oxygen atoms in total. The third-order valence-corrected chi connectivity index (χ3v) is 3.87. The van der Waals surface area contributed by atoms with Crippen molar-refractivity contribution in [2.75, 3.05) is 0 Å². The average molecular weight is 303 g/mol. The van der Waals surface area contributed by atoms with Crippen molar-refractivity contribution in [3.63, 3.8) is 0 Å². The third kappa shape index (κ3) is 4.10. The number of hydrogen-bond acceptors (Lipinski definition) is 2. The van der Waals surface area contributed by atoms with Crippen molar-refractivity contribution in [2.45, 2.75) is 26.7 Å². The van der Waals surface area contributed by atoms with E-state index < -0.39 is 5.97 Å². The summed E-state index contributed by atoms with van der Waals surface area (Å²) in [4.78, 5) is 11.7. The summed E-state index contributed by atoms with van der Waals surface area (Å²) >= 11 is 5.12. The zero-order valence-corrected chi connectivity index (χ0v) is 11.8. The second kappa shape index (κ2) is 6.21. The Bertz CT molecular complexity index is 393. The molecule has 0 aliphatic rings. The van der Waals surface area contributed by atoms with Crippen LogP contribution in [0.2, 0.25) is 0 Å². The molecule has 0 aromatic carbocycles. The maximum absolute atomic E-state index is 10.5. The van der Waals surface area contributed by atoms with Crippen molar-refractivity contribution >= 4 is 38.8 Å². The molecule has 0 fully saturated rings. The summed E-state index contributed by atoms with van der Waals surface area (Å²) in [5.41, 5.74) is 1.23. The molecule has 1 aromatic heterocycles. The highest BCUT2D eigenvalue weighted by Crippen LogP contribution is 2.32. The lowest BCUT2D eigenvalue weighted by Crippen LogP contribution is -1.95. The van der Waals surface area contributed by atoms with Gasteiger partial charge in [0.05, 0.1) is 3.79 Å². The summed E-state index contributed by atoms with van der Waals surface area (Å²) in [7, 11) is 0. The maximum atomic E-state index is 10.5. The SMILES string of the molecule is CC(C)/C(=C\CCC(=O)O)c1ccc(Br)s1. The van der Waals surface area contributed by atoms with Gasteiger partial charge in [-0.3, -0.25) is 4.79 Å². The Morgan fingerprint density at radius 2 is 2.25 bits per heavy atom. The van der Waals surface area contributed by atoms with E-state index in [1.165, 1.54) is 10.5 Å². The predicted molar refractivity (Wildman–Crippen MR) is 71.7 cm³/mol. The van der Waals surface area contributed by atoms with E-state index in [1.54, 1.807) is 11.3 Å². The van der Waals surface area contributed by atoms with E-state index in [4.69, 9.17) is 5.11 Å². The Balaban J connectivity index is 2.79. The lowest BCUT2D eigenvalue weighted by atomic mass is 10.00. The molecule has 0 aliphatic carbocycles. The van der Waals surface area contributed by atoms with E-state index in [2.05, 4.69) is 35.8 Å². The molecule has 0 saturated carbocycles. The highest BCUT2D eigenvalue weighted by Gasteiger charge is 2.09. The molecule has 88 valence electrons. The average Bonchev–Trinajstić information content (AvgIpc) is 2.58. The molecule has 1 N–H and O–H groups in total. The van der Waals surface area contributed by atoms with Gasteiger partial charge in [0.15, 0.2) is 0 Å². The lowest BCUT2D eigenvalue weighted by Gasteiger charge is -2.09. The largest absolute Gasteiger partial charge is 0.481 e. The van der Waals surface area contributed by atoms with Crippen LogP contribution in [0.4, 0.5) is 0 Å². The second-order valence-electron chi connectivity index (χ2n) is 3.85. The van der Waals surface area contributed by atoms with Crippen LogP contribution in [-0.4, -0.2) is 11.1 Å². The van der Waals surface area contributed by atoms with Crippen LogP contribution in [0.3, 0.4) is 0 Å². The van der Waals surface area contributed by atoms with Crippen molar-refractivity contribution in [2.24, 2.45) is 5.92 Å². The molecule has 1 rings (SSSR count). The molecule has 1 heterocycles. The Morgan fingerprint density at radius 3 is 2.69 bits per heavy atom. The fourth-order valence-corrected chi connectivity index (χ4v) is 3.02. The number of thiophene rings is 1. The Kier molecular flexibility index (Phi) is 5.22. The summed E-state index contributed by atoms with van der Waals surface area (Å²) in [6.07, 6.45) is 2.83. The molecule has 16 heavy (non-hydrogen) atoms. The van der Waals surface area contributed by atoms with E-state index in [9.17, 15) is 4.79 Å². The van der Waals surface area contributed by atoms with E-state index in [1.807, 2.05) is 12.1 Å². The number of carboxylic acids is 1. The maximum Gasteiger partial charge on any atom is 0.303 e. The van der Waals surface area contributed by atoms with Crippen LogP contribution < -0.4 is 0 Å². The lowest BCUT2D eigenvalue weighted by molar-refractivity contribution is -0.136. The van der Waals surface area contributed by atoms with E-state index in [0.717, 1.165) is 3.79 Å². The fourth-order valence-electron chi connectivity index (χ4n) is 1.44. The number of carboxylic acid groups (broad SMARTS) is 1. The minimum atomic E-state index is -0.744. The summed E-state index contributed by atoms with van der Waals surface area (Å²) in [5.74, 6) is -0.328. The molecule has 0 radical (unpaired) electrons. The van der Waals surface area contributed by atoms with Crippen LogP contribution in [0.25, 0.3) is 5.57 Å². The number of allylic oxidation sites excluding steroid dienone is 2. The van der Waals surface area contributed by atoms with Crippen LogP contribution in [-0.2, 0) is 4.79 Å². The Morgan fingerprint density at radius 1 is 1.56 bits per heavy atom. The molecule has 0 amide bonds. The van der Waals surface area contributed by atoms with Crippen LogP contribution in [0, 0.1) is 5.92 Å². The van der Waals surface area contributed by atoms with Crippen molar-refractivity contribution < 1.29 is 9.90 Å². The van der Waals surface area contributed by atoms with Gasteiger partial charge in [-0.15, -0.1) is 11.3 Å². The number of rotatable bonds is 5. The summed E-state index contributed by atoms with van der Waals surface area (Å²) in [6.45, 7) is 4.25. The number of carbonyl (C=O) groups is 1. The topological polar surface area (TPSA) is 37.3 Å². The summed E-state index contributed by atoms with van der Waals surface area (Å²) in [5, 5.41) is 8.61. The van der Waals surface area contributed by atoms with Gasteiger partial charge in [0.25, 0.3) is 0 Å². The first kappa shape index (κ1) is 13.5. The van der Waals surface area contributed by atoms with Crippen molar-refractivity contribution in [1.82, 2.24) is 0 Å². The van der Waals surface area contributed by atoms with Gasteiger partial charge in [0.1, 0.15) is 0 Å². The molecular weight excluding hydrogens is 288 g/mol. The summed E-state index contributed by atoms with van der Waals surface area (Å²) in [6, 6.07) is 4.09. The number of halogens is 1. The van der Waals surface area contributed by atoms with Crippen LogP contribution in [0.5, 0.6) is 0 Å². The summed E-state index contributed by atoms with van der Waals surface area (Å²) < 4.78 is 1.10. The van der Waals surface area contributed by atoms with Gasteiger partial charge < -0.3 is 5.11 Å². The molecule has 1 aromatic rings. The first-order chi connectivity index (χ1) is 7.50. The molecule has 0 atom stereocenters. The zero-order valence-electron chi connectivity index (χ0n) is 9.37. The van der Waals surface area contributed by atoms with Gasteiger partial charge in [-0.1, -0.05) is 19.9 Å². The van der Waals surface area contributed by atoms with E-state index in [-0.39, 0.29) is 6.42 Å². The Hall–Kier alpha value is -0.610. The van der Waals surface area contributed by atoms with Crippen LogP contribution in [0.1, 0.15) is 31.6 Å². The quantitative estimate of drug-likeness (QED) is 0.874. The smallest absolute Gasteiger partial charge is 0.303 e. The molecule has 0 bridgehead atoms. The molecule has 0 saturated heterocycles. The Labute approximate surface area is 108 Å². The highest BCUT2D eigenvalue weighted by molar-refractivity contribution is 9.11. The van der Waals surface area contributed by atoms with Gasteiger partial charge in [0.2, 0.25) is 0 Å². The number of aliphatic carboxylic acids is 1. The minimum absolute atomic E-state index is 0.197. The van der Waals surface area contributed by atoms with Crippen molar-refractivity contribution in [3.05, 3.63) is 26.9 Å². The van der Waals surface area contributed by atoms with Gasteiger partial charge in [-0.2, -0.15) is 0 Å². The monoisotopic (exact) mass is 302 g/mol. The van der Waals surface area contributed by atoms with E-state index in [0.29, 0.717) is 12.3 Å². The fraction of sp³-hybridized carbons (Fsp3) is 0.417.